The lowest BCUT2D eigenvalue weighted by molar-refractivity contribution is -0.117. The van der Waals surface area contributed by atoms with Crippen LogP contribution in [0.4, 0.5) is 16.2 Å². The predicted molar refractivity (Wildman–Crippen MR) is 98.9 cm³/mol. The molecule has 1 fully saturated rings. The highest BCUT2D eigenvalue weighted by Gasteiger charge is 2.31. The number of amides is 3. The van der Waals surface area contributed by atoms with Crippen molar-refractivity contribution in [3.8, 4) is 11.5 Å². The van der Waals surface area contributed by atoms with Gasteiger partial charge in [-0.3, -0.25) is 4.79 Å². The molecule has 1 heterocycles. The summed E-state index contributed by atoms with van der Waals surface area (Å²) in [6.07, 6.45) is 0.266. The number of anilines is 2. The van der Waals surface area contributed by atoms with Gasteiger partial charge in [0.05, 0.1) is 25.9 Å². The fourth-order valence-corrected chi connectivity index (χ4v) is 2.91. The maximum Gasteiger partial charge on any atom is 0.319 e. The normalized spacial score (nSPS) is 16.3. The summed E-state index contributed by atoms with van der Waals surface area (Å²) in [7, 11) is 3.08. The Morgan fingerprint density at radius 2 is 1.88 bits per heavy atom. The zero-order valence-electron chi connectivity index (χ0n) is 14.7. The molecule has 7 nitrogen and oxygen atoms in total. The third kappa shape index (κ3) is 3.88. The highest BCUT2D eigenvalue weighted by molar-refractivity contribution is 5.97. The molecular weight excluding hydrogens is 334 g/mol. The van der Waals surface area contributed by atoms with E-state index in [0.29, 0.717) is 23.7 Å². The Morgan fingerprint density at radius 3 is 2.58 bits per heavy atom. The van der Waals surface area contributed by atoms with Crippen LogP contribution in [-0.2, 0) is 4.79 Å². The number of carbonyl (C=O) groups excluding carboxylic acids is 2. The fourth-order valence-electron chi connectivity index (χ4n) is 2.91. The summed E-state index contributed by atoms with van der Waals surface area (Å²) in [5.74, 6) is 1.11. The van der Waals surface area contributed by atoms with Gasteiger partial charge in [0.1, 0.15) is 11.5 Å². The van der Waals surface area contributed by atoms with Crippen molar-refractivity contribution < 1.29 is 19.1 Å². The van der Waals surface area contributed by atoms with Gasteiger partial charge in [0.2, 0.25) is 5.91 Å². The van der Waals surface area contributed by atoms with E-state index in [0.717, 1.165) is 5.69 Å². The number of nitrogens with zero attached hydrogens (tertiary/aromatic N) is 1. The second-order valence-electron chi connectivity index (χ2n) is 5.91. The standard InChI is InChI=1S/C19H21N3O4/c1-25-15-8-9-16(17(11-15)26-2)21-19(24)20-13-10-18(23)22(12-13)14-6-4-3-5-7-14/h3-9,11,13H,10,12H2,1-2H3,(H2,20,21,24)/t13-/m1/s1. The Hall–Kier alpha value is -3.22. The molecule has 3 amide bonds. The first-order chi connectivity index (χ1) is 12.6. The van der Waals surface area contributed by atoms with Crippen LogP contribution < -0.4 is 25.0 Å². The molecule has 1 atom stereocenters. The van der Waals surface area contributed by atoms with Crippen LogP contribution in [0.5, 0.6) is 11.5 Å². The van der Waals surface area contributed by atoms with Gasteiger partial charge < -0.3 is 25.0 Å². The molecule has 26 heavy (non-hydrogen) atoms. The molecule has 136 valence electrons. The van der Waals surface area contributed by atoms with Crippen molar-refractivity contribution in [2.45, 2.75) is 12.5 Å². The lowest BCUT2D eigenvalue weighted by Crippen LogP contribution is -2.39. The van der Waals surface area contributed by atoms with Crippen molar-refractivity contribution in [1.82, 2.24) is 5.32 Å². The van der Waals surface area contributed by atoms with Crippen molar-refractivity contribution in [3.63, 3.8) is 0 Å². The number of methoxy groups -OCH3 is 2. The topological polar surface area (TPSA) is 79.9 Å². The Labute approximate surface area is 151 Å². The molecular formula is C19H21N3O4. The molecule has 1 aliphatic heterocycles. The van der Waals surface area contributed by atoms with Crippen LogP contribution in [0.3, 0.4) is 0 Å². The molecule has 1 aliphatic rings. The number of hydrogen-bond acceptors (Lipinski definition) is 4. The minimum atomic E-state index is -0.388. The predicted octanol–water partition coefficient (Wildman–Crippen LogP) is 2.63. The lowest BCUT2D eigenvalue weighted by atomic mass is 10.2. The molecule has 0 saturated carbocycles. The number of hydrogen-bond donors (Lipinski definition) is 2. The van der Waals surface area contributed by atoms with Gasteiger partial charge in [-0.05, 0) is 24.3 Å². The van der Waals surface area contributed by atoms with Crippen molar-refractivity contribution in [3.05, 3.63) is 48.5 Å². The first-order valence-electron chi connectivity index (χ1n) is 8.25. The largest absolute Gasteiger partial charge is 0.497 e. The molecule has 7 heteroatoms. The average Bonchev–Trinajstić information content (AvgIpc) is 3.02. The van der Waals surface area contributed by atoms with E-state index in [-0.39, 0.29) is 24.4 Å². The molecule has 2 N–H and O–H groups in total. The second-order valence-corrected chi connectivity index (χ2v) is 5.91. The van der Waals surface area contributed by atoms with Gasteiger partial charge in [-0.15, -0.1) is 0 Å². The molecule has 0 aromatic heterocycles. The summed E-state index contributed by atoms with van der Waals surface area (Å²) in [5.41, 5.74) is 1.36. The van der Waals surface area contributed by atoms with E-state index < -0.39 is 0 Å². The lowest BCUT2D eigenvalue weighted by Gasteiger charge is -2.18. The van der Waals surface area contributed by atoms with Crippen molar-refractivity contribution >= 4 is 23.3 Å². The van der Waals surface area contributed by atoms with Crippen LogP contribution in [0.1, 0.15) is 6.42 Å². The van der Waals surface area contributed by atoms with Crippen LogP contribution in [-0.4, -0.2) is 38.7 Å². The molecule has 2 aromatic rings. The van der Waals surface area contributed by atoms with Crippen LogP contribution in [0, 0.1) is 0 Å². The Kier molecular flexibility index (Phi) is 5.26. The third-order valence-corrected chi connectivity index (χ3v) is 4.19. The quantitative estimate of drug-likeness (QED) is 0.864. The van der Waals surface area contributed by atoms with Gasteiger partial charge in [-0.25, -0.2) is 4.79 Å². The van der Waals surface area contributed by atoms with E-state index in [1.54, 1.807) is 30.2 Å². The average molecular weight is 355 g/mol. The minimum Gasteiger partial charge on any atom is -0.497 e. The molecule has 3 rings (SSSR count). The van der Waals surface area contributed by atoms with Gasteiger partial charge in [-0.1, -0.05) is 18.2 Å². The number of rotatable bonds is 5. The highest BCUT2D eigenvalue weighted by atomic mass is 16.5. The minimum absolute atomic E-state index is 0.0106. The second kappa shape index (κ2) is 7.77. The maximum absolute atomic E-state index is 12.3. The summed E-state index contributed by atoms with van der Waals surface area (Å²) in [6, 6.07) is 13.9. The molecule has 0 bridgehead atoms. The van der Waals surface area contributed by atoms with Gasteiger partial charge in [0, 0.05) is 24.7 Å². The molecule has 0 spiro atoms. The SMILES string of the molecule is COc1ccc(NC(=O)N[C@@H]2CC(=O)N(c3ccccc3)C2)c(OC)c1. The zero-order valence-corrected chi connectivity index (χ0v) is 14.7. The van der Waals surface area contributed by atoms with Gasteiger partial charge in [0.25, 0.3) is 0 Å². The van der Waals surface area contributed by atoms with E-state index >= 15 is 0 Å². The first kappa shape index (κ1) is 17.6. The van der Waals surface area contributed by atoms with E-state index in [2.05, 4.69) is 10.6 Å². The monoisotopic (exact) mass is 355 g/mol. The number of ether oxygens (including phenoxy) is 2. The van der Waals surface area contributed by atoms with E-state index in [4.69, 9.17) is 9.47 Å². The van der Waals surface area contributed by atoms with Gasteiger partial charge >= 0.3 is 6.03 Å². The maximum atomic E-state index is 12.3. The van der Waals surface area contributed by atoms with E-state index in [9.17, 15) is 9.59 Å². The number of para-hydroxylation sites is 1. The summed E-state index contributed by atoms with van der Waals surface area (Å²) in [4.78, 5) is 26.2. The third-order valence-electron chi connectivity index (χ3n) is 4.19. The van der Waals surface area contributed by atoms with Crippen molar-refractivity contribution in [1.29, 1.82) is 0 Å². The Bertz CT molecular complexity index is 795. The summed E-state index contributed by atoms with van der Waals surface area (Å²) in [6.45, 7) is 0.440. The van der Waals surface area contributed by atoms with Crippen LogP contribution in [0.15, 0.2) is 48.5 Å². The number of benzene rings is 2. The smallest absolute Gasteiger partial charge is 0.319 e. The van der Waals surface area contributed by atoms with Crippen molar-refractivity contribution in [2.75, 3.05) is 31.0 Å². The molecule has 0 radical (unpaired) electrons. The van der Waals surface area contributed by atoms with Crippen LogP contribution >= 0.6 is 0 Å². The number of nitrogens with one attached hydrogen (secondary N) is 2. The Balaban J connectivity index is 1.62. The van der Waals surface area contributed by atoms with E-state index in [1.807, 2.05) is 30.3 Å². The highest BCUT2D eigenvalue weighted by Crippen LogP contribution is 2.29. The summed E-state index contributed by atoms with van der Waals surface area (Å²) >= 11 is 0. The molecule has 0 aliphatic carbocycles. The van der Waals surface area contributed by atoms with Crippen LogP contribution in [0.2, 0.25) is 0 Å². The van der Waals surface area contributed by atoms with Crippen molar-refractivity contribution in [2.24, 2.45) is 0 Å². The molecule has 1 saturated heterocycles. The van der Waals surface area contributed by atoms with Gasteiger partial charge in [0.15, 0.2) is 0 Å². The molecule has 2 aromatic carbocycles. The first-order valence-corrected chi connectivity index (χ1v) is 8.25. The number of carbonyl (C=O) groups is 2. The zero-order chi connectivity index (χ0) is 18.5. The summed E-state index contributed by atoms with van der Waals surface area (Å²) < 4.78 is 10.4. The molecule has 0 unspecified atom stereocenters. The van der Waals surface area contributed by atoms with E-state index in [1.165, 1.54) is 7.11 Å². The summed E-state index contributed by atoms with van der Waals surface area (Å²) in [5, 5.41) is 5.59. The van der Waals surface area contributed by atoms with Crippen LogP contribution in [0.25, 0.3) is 0 Å². The number of urea groups is 1. The Morgan fingerprint density at radius 1 is 1.12 bits per heavy atom. The van der Waals surface area contributed by atoms with Gasteiger partial charge in [-0.2, -0.15) is 0 Å². The fraction of sp³-hybridized carbons (Fsp3) is 0.263.